The number of hydrogen-bond acceptors (Lipinski definition) is 6. The lowest BCUT2D eigenvalue weighted by Gasteiger charge is -2.21. The first-order chi connectivity index (χ1) is 11.1. The molecule has 6 nitrogen and oxygen atoms in total. The summed E-state index contributed by atoms with van der Waals surface area (Å²) in [7, 11) is 2.88. The fourth-order valence-electron chi connectivity index (χ4n) is 2.10. The number of ether oxygens (including phenoxy) is 3. The average Bonchev–Trinajstić information content (AvgIpc) is 2.59. The SMILES string of the molecule is COc1cc(C(O)C(C=O)Oc2ccccc2OC)ccc1O. The van der Waals surface area contributed by atoms with E-state index in [0.717, 1.165) is 0 Å². The van der Waals surface area contributed by atoms with Crippen LogP contribution in [-0.2, 0) is 4.79 Å². The molecule has 2 N–H and O–H groups in total. The predicted octanol–water partition coefficient (Wildman–Crippen LogP) is 2.09. The summed E-state index contributed by atoms with van der Waals surface area (Å²) in [5, 5.41) is 20.0. The van der Waals surface area contributed by atoms with Crippen molar-refractivity contribution in [2.75, 3.05) is 14.2 Å². The van der Waals surface area contributed by atoms with Crippen molar-refractivity contribution in [3.05, 3.63) is 48.0 Å². The van der Waals surface area contributed by atoms with Crippen molar-refractivity contribution < 1.29 is 29.2 Å². The van der Waals surface area contributed by atoms with Gasteiger partial charge in [0.15, 0.2) is 35.4 Å². The van der Waals surface area contributed by atoms with E-state index in [1.807, 2.05) is 0 Å². The van der Waals surface area contributed by atoms with Crippen LogP contribution in [0.15, 0.2) is 42.5 Å². The zero-order valence-corrected chi connectivity index (χ0v) is 12.8. The molecule has 0 aromatic heterocycles. The van der Waals surface area contributed by atoms with Gasteiger partial charge in [-0.05, 0) is 29.8 Å². The highest BCUT2D eigenvalue weighted by molar-refractivity contribution is 5.60. The monoisotopic (exact) mass is 318 g/mol. The van der Waals surface area contributed by atoms with Crippen molar-refractivity contribution in [1.29, 1.82) is 0 Å². The van der Waals surface area contributed by atoms with Gasteiger partial charge in [-0.3, -0.25) is 4.79 Å². The lowest BCUT2D eigenvalue weighted by atomic mass is 10.0. The molecule has 2 atom stereocenters. The number of aldehydes is 1. The largest absolute Gasteiger partial charge is 0.504 e. The molecule has 23 heavy (non-hydrogen) atoms. The van der Waals surface area contributed by atoms with Gasteiger partial charge in [0, 0.05) is 0 Å². The zero-order chi connectivity index (χ0) is 16.8. The zero-order valence-electron chi connectivity index (χ0n) is 12.8. The second-order valence-electron chi connectivity index (χ2n) is 4.75. The van der Waals surface area contributed by atoms with Crippen molar-refractivity contribution in [2.45, 2.75) is 12.2 Å². The van der Waals surface area contributed by atoms with Crippen LogP contribution in [0.1, 0.15) is 11.7 Å². The van der Waals surface area contributed by atoms with Gasteiger partial charge in [-0.1, -0.05) is 18.2 Å². The summed E-state index contributed by atoms with van der Waals surface area (Å²) in [5.41, 5.74) is 0.381. The topological polar surface area (TPSA) is 85.2 Å². The number of rotatable bonds is 7. The molecule has 0 aliphatic rings. The van der Waals surface area contributed by atoms with Gasteiger partial charge >= 0.3 is 0 Å². The second-order valence-corrected chi connectivity index (χ2v) is 4.75. The molecule has 2 rings (SSSR count). The van der Waals surface area contributed by atoms with E-state index in [2.05, 4.69) is 0 Å². The fraction of sp³-hybridized carbons (Fsp3) is 0.235. The van der Waals surface area contributed by atoms with E-state index in [0.29, 0.717) is 23.3 Å². The van der Waals surface area contributed by atoms with Crippen molar-refractivity contribution in [3.8, 4) is 23.0 Å². The Morgan fingerprint density at radius 1 is 1.00 bits per heavy atom. The summed E-state index contributed by atoms with van der Waals surface area (Å²) in [6, 6.07) is 11.1. The number of para-hydroxylation sites is 2. The number of aromatic hydroxyl groups is 1. The Morgan fingerprint density at radius 3 is 2.26 bits per heavy atom. The Labute approximate surface area is 133 Å². The van der Waals surface area contributed by atoms with Crippen LogP contribution in [-0.4, -0.2) is 36.8 Å². The van der Waals surface area contributed by atoms with Gasteiger partial charge in [-0.25, -0.2) is 0 Å². The van der Waals surface area contributed by atoms with Crippen LogP contribution < -0.4 is 14.2 Å². The smallest absolute Gasteiger partial charge is 0.184 e. The van der Waals surface area contributed by atoms with Gasteiger partial charge in [0.25, 0.3) is 0 Å². The molecule has 2 aromatic rings. The van der Waals surface area contributed by atoms with Crippen LogP contribution in [0.25, 0.3) is 0 Å². The maximum absolute atomic E-state index is 11.3. The summed E-state index contributed by atoms with van der Waals surface area (Å²) in [5.74, 6) is 0.937. The number of carbonyl (C=O) groups excluding carboxylic acids is 1. The number of hydrogen-bond donors (Lipinski definition) is 2. The minimum atomic E-state index is -1.23. The molecule has 0 spiro atoms. The first-order valence-electron chi connectivity index (χ1n) is 6.90. The molecule has 0 bridgehead atoms. The summed E-state index contributed by atoms with van der Waals surface area (Å²) in [4.78, 5) is 11.3. The number of phenolic OH excluding ortho intramolecular Hbond substituents is 1. The Kier molecular flexibility index (Phi) is 5.43. The summed E-state index contributed by atoms with van der Waals surface area (Å²) < 4.78 is 15.7. The Bertz CT molecular complexity index is 670. The summed E-state index contributed by atoms with van der Waals surface area (Å²) in [6.07, 6.45) is -1.86. The van der Waals surface area contributed by atoms with Crippen molar-refractivity contribution in [3.63, 3.8) is 0 Å². The highest BCUT2D eigenvalue weighted by atomic mass is 16.5. The van der Waals surface area contributed by atoms with Crippen molar-refractivity contribution >= 4 is 6.29 Å². The molecule has 0 saturated heterocycles. The molecule has 122 valence electrons. The number of phenols is 1. The lowest BCUT2D eigenvalue weighted by molar-refractivity contribution is -0.118. The van der Waals surface area contributed by atoms with Crippen LogP contribution in [0.4, 0.5) is 0 Å². The third-order valence-electron chi connectivity index (χ3n) is 3.32. The fourth-order valence-corrected chi connectivity index (χ4v) is 2.10. The molecule has 0 saturated carbocycles. The third-order valence-corrected chi connectivity index (χ3v) is 3.32. The van der Waals surface area contributed by atoms with E-state index in [1.165, 1.54) is 32.4 Å². The van der Waals surface area contributed by atoms with Gasteiger partial charge in [0.1, 0.15) is 6.10 Å². The number of methoxy groups -OCH3 is 2. The number of aliphatic hydroxyl groups is 1. The van der Waals surface area contributed by atoms with E-state index in [4.69, 9.17) is 14.2 Å². The number of benzene rings is 2. The van der Waals surface area contributed by atoms with Gasteiger partial charge in [-0.2, -0.15) is 0 Å². The maximum atomic E-state index is 11.3. The van der Waals surface area contributed by atoms with Gasteiger partial charge in [0.05, 0.1) is 14.2 Å². The molecule has 0 amide bonds. The average molecular weight is 318 g/mol. The molecule has 0 heterocycles. The third kappa shape index (κ3) is 3.73. The van der Waals surface area contributed by atoms with Crippen molar-refractivity contribution in [2.24, 2.45) is 0 Å². The normalized spacial score (nSPS) is 13.0. The van der Waals surface area contributed by atoms with E-state index in [1.54, 1.807) is 24.3 Å². The van der Waals surface area contributed by atoms with E-state index < -0.39 is 12.2 Å². The summed E-state index contributed by atoms with van der Waals surface area (Å²) in [6.45, 7) is 0. The molecule has 0 fully saturated rings. The minimum Gasteiger partial charge on any atom is -0.504 e. The minimum absolute atomic E-state index is 0.0586. The van der Waals surface area contributed by atoms with E-state index in [9.17, 15) is 15.0 Å². The van der Waals surface area contributed by atoms with Crippen LogP contribution >= 0.6 is 0 Å². The molecular formula is C17H18O6. The van der Waals surface area contributed by atoms with Crippen LogP contribution in [0.5, 0.6) is 23.0 Å². The molecule has 2 unspecified atom stereocenters. The standard InChI is InChI=1S/C17H18O6/c1-21-13-5-3-4-6-14(13)23-16(10-18)17(20)11-7-8-12(19)15(9-11)22-2/h3-10,16-17,19-20H,1-2H3. The molecule has 0 aliphatic heterocycles. The van der Waals surface area contributed by atoms with Crippen LogP contribution in [0, 0.1) is 0 Å². The molecule has 2 aromatic carbocycles. The number of carbonyl (C=O) groups is 1. The van der Waals surface area contributed by atoms with Crippen molar-refractivity contribution in [1.82, 2.24) is 0 Å². The van der Waals surface area contributed by atoms with Gasteiger partial charge in [-0.15, -0.1) is 0 Å². The van der Waals surface area contributed by atoms with Crippen LogP contribution in [0.3, 0.4) is 0 Å². The quantitative estimate of drug-likeness (QED) is 0.760. The second kappa shape index (κ2) is 7.51. The first-order valence-corrected chi connectivity index (χ1v) is 6.90. The number of aliphatic hydroxyl groups excluding tert-OH is 1. The molecule has 0 radical (unpaired) electrons. The van der Waals surface area contributed by atoms with Crippen LogP contribution in [0.2, 0.25) is 0 Å². The highest BCUT2D eigenvalue weighted by Gasteiger charge is 2.24. The Hall–Kier alpha value is -2.73. The molecular weight excluding hydrogens is 300 g/mol. The lowest BCUT2D eigenvalue weighted by Crippen LogP contribution is -2.27. The predicted molar refractivity (Wildman–Crippen MR) is 83.1 cm³/mol. The Morgan fingerprint density at radius 2 is 1.65 bits per heavy atom. The Balaban J connectivity index is 2.24. The highest BCUT2D eigenvalue weighted by Crippen LogP contribution is 2.32. The summed E-state index contributed by atoms with van der Waals surface area (Å²) >= 11 is 0. The van der Waals surface area contributed by atoms with Gasteiger partial charge < -0.3 is 24.4 Å². The first kappa shape index (κ1) is 16.6. The molecule has 0 aliphatic carbocycles. The maximum Gasteiger partial charge on any atom is 0.184 e. The van der Waals surface area contributed by atoms with E-state index in [-0.39, 0.29) is 11.5 Å². The van der Waals surface area contributed by atoms with E-state index >= 15 is 0 Å². The molecule has 6 heteroatoms. The van der Waals surface area contributed by atoms with Gasteiger partial charge in [0.2, 0.25) is 0 Å².